The second-order valence-corrected chi connectivity index (χ2v) is 5.10. The molecule has 2 aromatic rings. The molecule has 4 nitrogen and oxygen atoms in total. The van der Waals surface area contributed by atoms with Crippen LogP contribution in [0, 0.1) is 0 Å². The standard InChI is InChI=1S/C14H19N3O/c1-10(18)14(2,3)16-9-11-8-15-12-6-4-5-7-13(12)17-11/h4-8,10,16,18H,9H2,1-3H3. The third-order valence-electron chi connectivity index (χ3n) is 3.27. The molecule has 0 aliphatic rings. The highest BCUT2D eigenvalue weighted by Gasteiger charge is 2.23. The van der Waals surface area contributed by atoms with E-state index in [0.29, 0.717) is 6.54 Å². The van der Waals surface area contributed by atoms with E-state index in [2.05, 4.69) is 15.3 Å². The van der Waals surface area contributed by atoms with Crippen LogP contribution < -0.4 is 5.32 Å². The Hall–Kier alpha value is -1.52. The normalized spacial score (nSPS) is 13.8. The van der Waals surface area contributed by atoms with Gasteiger partial charge >= 0.3 is 0 Å². The summed E-state index contributed by atoms with van der Waals surface area (Å²) in [5.41, 5.74) is 2.33. The SMILES string of the molecule is CC(O)C(C)(C)NCc1cnc2ccccc2n1. The van der Waals surface area contributed by atoms with Crippen molar-refractivity contribution in [2.24, 2.45) is 0 Å². The van der Waals surface area contributed by atoms with Crippen LogP contribution >= 0.6 is 0 Å². The molecule has 1 unspecified atom stereocenters. The number of nitrogens with zero attached hydrogens (tertiary/aromatic N) is 2. The molecule has 1 atom stereocenters. The number of benzene rings is 1. The fraction of sp³-hybridized carbons (Fsp3) is 0.429. The van der Waals surface area contributed by atoms with Gasteiger partial charge in [-0.25, -0.2) is 4.98 Å². The van der Waals surface area contributed by atoms with Gasteiger partial charge in [0.2, 0.25) is 0 Å². The predicted octanol–water partition coefficient (Wildman–Crippen LogP) is 1.88. The molecular weight excluding hydrogens is 226 g/mol. The van der Waals surface area contributed by atoms with Crippen molar-refractivity contribution in [3.05, 3.63) is 36.2 Å². The van der Waals surface area contributed by atoms with E-state index in [9.17, 15) is 5.11 Å². The molecule has 1 aromatic heterocycles. The third-order valence-corrected chi connectivity index (χ3v) is 3.27. The van der Waals surface area contributed by atoms with Gasteiger partial charge in [0.05, 0.1) is 29.0 Å². The molecule has 2 rings (SSSR count). The van der Waals surface area contributed by atoms with Crippen LogP contribution in [0.5, 0.6) is 0 Å². The zero-order valence-electron chi connectivity index (χ0n) is 11.0. The Morgan fingerprint density at radius 1 is 1.28 bits per heavy atom. The van der Waals surface area contributed by atoms with E-state index in [1.807, 2.05) is 38.1 Å². The Bertz CT molecular complexity index is 537. The van der Waals surface area contributed by atoms with Gasteiger partial charge in [-0.15, -0.1) is 0 Å². The van der Waals surface area contributed by atoms with Crippen molar-refractivity contribution in [2.45, 2.75) is 39.0 Å². The van der Waals surface area contributed by atoms with Gasteiger partial charge in [0.1, 0.15) is 0 Å². The Morgan fingerprint density at radius 2 is 1.94 bits per heavy atom. The molecule has 0 spiro atoms. The number of hydrogen-bond acceptors (Lipinski definition) is 4. The smallest absolute Gasteiger partial charge is 0.0890 e. The topological polar surface area (TPSA) is 58.0 Å². The molecule has 96 valence electrons. The van der Waals surface area contributed by atoms with Gasteiger partial charge in [-0.3, -0.25) is 4.98 Å². The summed E-state index contributed by atoms with van der Waals surface area (Å²) in [6.45, 7) is 6.30. The summed E-state index contributed by atoms with van der Waals surface area (Å²) in [4.78, 5) is 8.89. The molecule has 0 amide bonds. The number of aromatic nitrogens is 2. The van der Waals surface area contributed by atoms with E-state index in [0.717, 1.165) is 16.7 Å². The summed E-state index contributed by atoms with van der Waals surface area (Å²) in [7, 11) is 0. The molecule has 1 aromatic carbocycles. The highest BCUT2D eigenvalue weighted by atomic mass is 16.3. The molecular formula is C14H19N3O. The minimum atomic E-state index is -0.425. The quantitative estimate of drug-likeness (QED) is 0.863. The van der Waals surface area contributed by atoms with Crippen molar-refractivity contribution < 1.29 is 5.11 Å². The number of aliphatic hydroxyl groups is 1. The highest BCUT2D eigenvalue weighted by molar-refractivity contribution is 5.73. The number of rotatable bonds is 4. The van der Waals surface area contributed by atoms with Crippen molar-refractivity contribution in [1.29, 1.82) is 0 Å². The first-order chi connectivity index (χ1) is 8.49. The Morgan fingerprint density at radius 3 is 2.61 bits per heavy atom. The van der Waals surface area contributed by atoms with Crippen LogP contribution in [-0.2, 0) is 6.54 Å². The molecule has 0 radical (unpaired) electrons. The number of para-hydroxylation sites is 2. The minimum absolute atomic E-state index is 0.340. The first-order valence-corrected chi connectivity index (χ1v) is 6.13. The Kier molecular flexibility index (Phi) is 3.59. The van der Waals surface area contributed by atoms with Gasteiger partial charge < -0.3 is 10.4 Å². The van der Waals surface area contributed by atoms with E-state index in [-0.39, 0.29) is 5.54 Å². The van der Waals surface area contributed by atoms with Crippen molar-refractivity contribution in [3.63, 3.8) is 0 Å². The zero-order chi connectivity index (χ0) is 13.2. The maximum Gasteiger partial charge on any atom is 0.0890 e. The summed E-state index contributed by atoms with van der Waals surface area (Å²) < 4.78 is 0. The first kappa shape index (κ1) is 12.9. The van der Waals surface area contributed by atoms with Gasteiger partial charge in [-0.1, -0.05) is 12.1 Å². The van der Waals surface area contributed by atoms with Gasteiger partial charge in [0, 0.05) is 12.1 Å². The zero-order valence-corrected chi connectivity index (χ0v) is 11.0. The lowest BCUT2D eigenvalue weighted by atomic mass is 9.99. The van der Waals surface area contributed by atoms with E-state index in [4.69, 9.17) is 0 Å². The summed E-state index contributed by atoms with van der Waals surface area (Å²) in [6, 6.07) is 7.80. The van der Waals surface area contributed by atoms with E-state index < -0.39 is 6.10 Å². The average Bonchev–Trinajstić information content (AvgIpc) is 2.36. The number of aliphatic hydroxyl groups excluding tert-OH is 1. The monoisotopic (exact) mass is 245 g/mol. The van der Waals surface area contributed by atoms with Gasteiger partial charge in [0.15, 0.2) is 0 Å². The van der Waals surface area contributed by atoms with Crippen LogP contribution in [-0.4, -0.2) is 26.7 Å². The number of fused-ring (bicyclic) bond motifs is 1. The van der Waals surface area contributed by atoms with Crippen LogP contribution in [0.1, 0.15) is 26.5 Å². The van der Waals surface area contributed by atoms with Gasteiger partial charge in [-0.2, -0.15) is 0 Å². The van der Waals surface area contributed by atoms with E-state index >= 15 is 0 Å². The van der Waals surface area contributed by atoms with E-state index in [1.54, 1.807) is 13.1 Å². The number of nitrogens with one attached hydrogen (secondary N) is 1. The minimum Gasteiger partial charge on any atom is -0.392 e. The van der Waals surface area contributed by atoms with Crippen LogP contribution in [0.4, 0.5) is 0 Å². The van der Waals surface area contributed by atoms with Crippen LogP contribution in [0.15, 0.2) is 30.5 Å². The molecule has 0 bridgehead atoms. The maximum atomic E-state index is 9.63. The van der Waals surface area contributed by atoms with Crippen molar-refractivity contribution in [1.82, 2.24) is 15.3 Å². The summed E-state index contributed by atoms with van der Waals surface area (Å²) in [5.74, 6) is 0. The predicted molar refractivity (Wildman–Crippen MR) is 72.1 cm³/mol. The maximum absolute atomic E-state index is 9.63. The van der Waals surface area contributed by atoms with Crippen LogP contribution in [0.25, 0.3) is 11.0 Å². The van der Waals surface area contributed by atoms with Crippen LogP contribution in [0.2, 0.25) is 0 Å². The fourth-order valence-electron chi connectivity index (χ4n) is 1.55. The van der Waals surface area contributed by atoms with E-state index in [1.165, 1.54) is 0 Å². The second kappa shape index (κ2) is 5.00. The van der Waals surface area contributed by atoms with Crippen molar-refractivity contribution in [3.8, 4) is 0 Å². The van der Waals surface area contributed by atoms with Gasteiger partial charge in [0.25, 0.3) is 0 Å². The molecule has 4 heteroatoms. The largest absolute Gasteiger partial charge is 0.392 e. The molecule has 2 N–H and O–H groups in total. The summed E-state index contributed by atoms with van der Waals surface area (Å²) in [6.07, 6.45) is 1.35. The third kappa shape index (κ3) is 2.83. The molecule has 0 aliphatic heterocycles. The van der Waals surface area contributed by atoms with Crippen molar-refractivity contribution >= 4 is 11.0 Å². The summed E-state index contributed by atoms with van der Waals surface area (Å²) in [5, 5.41) is 12.9. The molecule has 0 aliphatic carbocycles. The van der Waals surface area contributed by atoms with Crippen LogP contribution in [0.3, 0.4) is 0 Å². The lowest BCUT2D eigenvalue weighted by Crippen LogP contribution is -2.47. The molecule has 18 heavy (non-hydrogen) atoms. The molecule has 0 saturated heterocycles. The van der Waals surface area contributed by atoms with Gasteiger partial charge in [-0.05, 0) is 32.9 Å². The average molecular weight is 245 g/mol. The molecule has 1 heterocycles. The lowest BCUT2D eigenvalue weighted by molar-refractivity contribution is 0.0954. The molecule has 0 saturated carbocycles. The fourth-order valence-corrected chi connectivity index (χ4v) is 1.55. The Labute approximate surface area is 107 Å². The Balaban J connectivity index is 2.13. The number of hydrogen-bond donors (Lipinski definition) is 2. The first-order valence-electron chi connectivity index (χ1n) is 6.13. The summed E-state index contributed by atoms with van der Waals surface area (Å²) >= 11 is 0. The van der Waals surface area contributed by atoms with Crippen molar-refractivity contribution in [2.75, 3.05) is 0 Å². The molecule has 0 fully saturated rings. The second-order valence-electron chi connectivity index (χ2n) is 5.10. The highest BCUT2D eigenvalue weighted by Crippen LogP contribution is 2.11. The lowest BCUT2D eigenvalue weighted by Gasteiger charge is -2.29.